The molecule has 0 amide bonds. The fraction of sp³-hybridized carbons (Fsp3) is 1.00. The van der Waals surface area contributed by atoms with Crippen LogP contribution in [0.25, 0.3) is 0 Å². The predicted molar refractivity (Wildman–Crippen MR) is 105 cm³/mol. The highest BCUT2D eigenvalue weighted by atomic mass is 16.7. The number of aliphatic hydroxyl groups excluding tert-OH is 4. The van der Waals surface area contributed by atoms with Gasteiger partial charge in [0.25, 0.3) is 0 Å². The molecule has 4 N–H and O–H groups in total. The molecule has 6 nitrogen and oxygen atoms in total. The van der Waals surface area contributed by atoms with E-state index >= 15 is 0 Å². The molecule has 162 valence electrons. The van der Waals surface area contributed by atoms with Crippen LogP contribution >= 0.6 is 0 Å². The van der Waals surface area contributed by atoms with Gasteiger partial charge in [0.2, 0.25) is 0 Å². The predicted octanol–water partition coefficient (Wildman–Crippen LogP) is 2.89. The molecule has 5 atom stereocenters. The van der Waals surface area contributed by atoms with Crippen LogP contribution < -0.4 is 0 Å². The molecule has 1 aliphatic rings. The number of hydrogen-bond donors (Lipinski definition) is 4. The molecule has 1 aliphatic heterocycles. The van der Waals surface area contributed by atoms with Gasteiger partial charge >= 0.3 is 0 Å². The zero-order chi connectivity index (χ0) is 20.1. The standard InChI is InChI=1S/C21H42O6/c1-3-5-6-7-8-9-10-11-12-13-15-26-21(14-4-2)20(25)19(24)18(23)17(16-22)27-21/h17-20,22-25H,3-16H2,1-2H3/t17-,18-,19+,20-,21?/m1/s1. The average Bonchev–Trinajstić information content (AvgIpc) is 2.67. The third-order valence-corrected chi connectivity index (χ3v) is 5.48. The van der Waals surface area contributed by atoms with Crippen LogP contribution in [0.3, 0.4) is 0 Å². The van der Waals surface area contributed by atoms with Crippen LogP contribution in [-0.2, 0) is 9.47 Å². The van der Waals surface area contributed by atoms with Gasteiger partial charge in [0, 0.05) is 6.42 Å². The van der Waals surface area contributed by atoms with Crippen LogP contribution in [0.15, 0.2) is 0 Å². The van der Waals surface area contributed by atoms with Crippen LogP contribution in [0.5, 0.6) is 0 Å². The summed E-state index contributed by atoms with van der Waals surface area (Å²) in [5.74, 6) is -1.36. The van der Waals surface area contributed by atoms with Crippen LogP contribution in [0.2, 0.25) is 0 Å². The highest BCUT2D eigenvalue weighted by molar-refractivity contribution is 4.96. The molecule has 1 heterocycles. The Hall–Kier alpha value is -0.240. The summed E-state index contributed by atoms with van der Waals surface area (Å²) in [6.45, 7) is 4.16. The number of hydrogen-bond acceptors (Lipinski definition) is 6. The van der Waals surface area contributed by atoms with Crippen molar-refractivity contribution in [1.29, 1.82) is 0 Å². The lowest BCUT2D eigenvalue weighted by atomic mass is 9.90. The number of rotatable bonds is 15. The fourth-order valence-corrected chi connectivity index (χ4v) is 3.79. The smallest absolute Gasteiger partial charge is 0.197 e. The Labute approximate surface area is 164 Å². The van der Waals surface area contributed by atoms with Gasteiger partial charge in [-0.3, -0.25) is 0 Å². The molecule has 0 bridgehead atoms. The van der Waals surface area contributed by atoms with Crippen molar-refractivity contribution in [3.63, 3.8) is 0 Å². The van der Waals surface area contributed by atoms with E-state index in [9.17, 15) is 20.4 Å². The highest BCUT2D eigenvalue weighted by Gasteiger charge is 2.53. The zero-order valence-corrected chi connectivity index (χ0v) is 17.3. The van der Waals surface area contributed by atoms with Gasteiger partial charge in [-0.25, -0.2) is 0 Å². The lowest BCUT2D eigenvalue weighted by molar-refractivity contribution is -0.366. The van der Waals surface area contributed by atoms with E-state index in [4.69, 9.17) is 9.47 Å². The molecule has 0 aromatic carbocycles. The molecule has 0 radical (unpaired) electrons. The molecule has 0 aromatic heterocycles. The van der Waals surface area contributed by atoms with Crippen molar-refractivity contribution in [2.24, 2.45) is 0 Å². The van der Waals surface area contributed by atoms with Gasteiger partial charge in [0.05, 0.1) is 13.2 Å². The van der Waals surface area contributed by atoms with Crippen molar-refractivity contribution >= 4 is 0 Å². The Morgan fingerprint density at radius 1 is 0.778 bits per heavy atom. The Bertz CT molecular complexity index is 365. The maximum absolute atomic E-state index is 10.4. The van der Waals surface area contributed by atoms with E-state index in [1.165, 1.54) is 51.4 Å². The average molecular weight is 391 g/mol. The van der Waals surface area contributed by atoms with Crippen molar-refractivity contribution in [2.75, 3.05) is 13.2 Å². The minimum atomic E-state index is -1.39. The third-order valence-electron chi connectivity index (χ3n) is 5.48. The van der Waals surface area contributed by atoms with Crippen LogP contribution in [0.1, 0.15) is 90.9 Å². The second-order valence-electron chi connectivity index (χ2n) is 7.86. The van der Waals surface area contributed by atoms with Gasteiger partial charge in [0.15, 0.2) is 5.79 Å². The first-order chi connectivity index (χ1) is 13.0. The summed E-state index contributed by atoms with van der Waals surface area (Å²) in [5, 5.41) is 39.8. The van der Waals surface area contributed by atoms with E-state index in [0.29, 0.717) is 19.4 Å². The topological polar surface area (TPSA) is 99.4 Å². The van der Waals surface area contributed by atoms with E-state index in [1.54, 1.807) is 0 Å². The minimum absolute atomic E-state index is 0.395. The van der Waals surface area contributed by atoms with E-state index in [2.05, 4.69) is 6.92 Å². The number of unbranched alkanes of at least 4 members (excludes halogenated alkanes) is 9. The van der Waals surface area contributed by atoms with Crippen LogP contribution in [0.4, 0.5) is 0 Å². The molecule has 0 saturated carbocycles. The van der Waals surface area contributed by atoms with Gasteiger partial charge in [-0.05, 0) is 6.42 Å². The van der Waals surface area contributed by atoms with Gasteiger partial charge in [-0.15, -0.1) is 0 Å². The van der Waals surface area contributed by atoms with Gasteiger partial charge < -0.3 is 29.9 Å². The SMILES string of the molecule is CCCCCCCCCCCCOC1(CCC)O[C@H](CO)[C@@H](O)[C@H](O)[C@H]1O. The summed E-state index contributed by atoms with van der Waals surface area (Å²) in [5.41, 5.74) is 0. The molecular formula is C21H42O6. The van der Waals surface area contributed by atoms with Crippen molar-refractivity contribution in [1.82, 2.24) is 0 Å². The normalized spacial score (nSPS) is 31.3. The summed E-state index contributed by atoms with van der Waals surface area (Å²) in [6.07, 6.45) is 8.32. The third kappa shape index (κ3) is 7.95. The second kappa shape index (κ2) is 13.9. The van der Waals surface area contributed by atoms with E-state index in [1.807, 2.05) is 6.92 Å². The van der Waals surface area contributed by atoms with E-state index < -0.39 is 36.8 Å². The molecule has 1 unspecified atom stereocenters. The van der Waals surface area contributed by atoms with Gasteiger partial charge in [-0.2, -0.15) is 0 Å². The lowest BCUT2D eigenvalue weighted by Gasteiger charge is -2.48. The summed E-state index contributed by atoms with van der Waals surface area (Å²) >= 11 is 0. The first-order valence-corrected chi connectivity index (χ1v) is 11.0. The summed E-state index contributed by atoms with van der Waals surface area (Å²) in [4.78, 5) is 0. The van der Waals surface area contributed by atoms with Crippen molar-refractivity contribution in [3.05, 3.63) is 0 Å². The molecular weight excluding hydrogens is 348 g/mol. The Morgan fingerprint density at radius 2 is 1.33 bits per heavy atom. The minimum Gasteiger partial charge on any atom is -0.394 e. The van der Waals surface area contributed by atoms with Gasteiger partial charge in [0.1, 0.15) is 24.4 Å². The van der Waals surface area contributed by atoms with Crippen molar-refractivity contribution in [2.45, 2.75) is 121 Å². The number of aliphatic hydroxyl groups is 4. The van der Waals surface area contributed by atoms with Crippen molar-refractivity contribution in [3.8, 4) is 0 Å². The molecule has 0 aromatic rings. The molecule has 1 saturated heterocycles. The van der Waals surface area contributed by atoms with Crippen LogP contribution in [-0.4, -0.2) is 63.8 Å². The second-order valence-corrected chi connectivity index (χ2v) is 7.86. The first kappa shape index (κ1) is 24.8. The molecule has 27 heavy (non-hydrogen) atoms. The molecule has 0 spiro atoms. The van der Waals surface area contributed by atoms with Crippen molar-refractivity contribution < 1.29 is 29.9 Å². The monoisotopic (exact) mass is 390 g/mol. The first-order valence-electron chi connectivity index (χ1n) is 11.0. The van der Waals surface area contributed by atoms with E-state index in [0.717, 1.165) is 12.8 Å². The molecule has 1 rings (SSSR count). The van der Waals surface area contributed by atoms with Gasteiger partial charge in [-0.1, -0.05) is 78.1 Å². The highest BCUT2D eigenvalue weighted by Crippen LogP contribution is 2.35. The Kier molecular flexibility index (Phi) is 12.7. The summed E-state index contributed by atoms with van der Waals surface area (Å²) < 4.78 is 11.6. The molecule has 0 aliphatic carbocycles. The van der Waals surface area contributed by atoms with E-state index in [-0.39, 0.29) is 0 Å². The Morgan fingerprint density at radius 3 is 1.85 bits per heavy atom. The largest absolute Gasteiger partial charge is 0.394 e. The number of ether oxygens (including phenoxy) is 2. The zero-order valence-electron chi connectivity index (χ0n) is 17.3. The van der Waals surface area contributed by atoms with Crippen LogP contribution in [0, 0.1) is 0 Å². The maximum Gasteiger partial charge on any atom is 0.197 e. The summed E-state index contributed by atoms with van der Waals surface area (Å²) in [6, 6.07) is 0. The Balaban J connectivity index is 2.30. The molecule has 6 heteroatoms. The lowest BCUT2D eigenvalue weighted by Crippen LogP contribution is -2.66. The fourth-order valence-electron chi connectivity index (χ4n) is 3.79. The molecule has 1 fully saturated rings. The maximum atomic E-state index is 10.4. The summed E-state index contributed by atoms with van der Waals surface area (Å²) in [7, 11) is 0. The quantitative estimate of drug-likeness (QED) is 0.321.